The highest BCUT2D eigenvalue weighted by Crippen LogP contribution is 2.29. The largest absolute Gasteiger partial charge is 0.506 e. The number of aromatic nitrogens is 1. The van der Waals surface area contributed by atoms with Crippen LogP contribution in [-0.2, 0) is 0 Å². The predicted molar refractivity (Wildman–Crippen MR) is 135 cm³/mol. The second-order valence-electron chi connectivity index (χ2n) is 8.55. The Bertz CT molecular complexity index is 1300. The first-order valence-corrected chi connectivity index (χ1v) is 11.9. The Morgan fingerprint density at radius 2 is 1.66 bits per heavy atom. The third-order valence-electron chi connectivity index (χ3n) is 6.21. The van der Waals surface area contributed by atoms with E-state index in [1.54, 1.807) is 24.3 Å². The van der Waals surface area contributed by atoms with Gasteiger partial charge in [0.05, 0.1) is 48.0 Å². The van der Waals surface area contributed by atoms with Gasteiger partial charge in [-0.3, -0.25) is 19.1 Å². The van der Waals surface area contributed by atoms with Gasteiger partial charge >= 0.3 is 0 Å². The van der Waals surface area contributed by atoms with Crippen molar-refractivity contribution in [2.75, 3.05) is 36.8 Å². The molecule has 3 aromatic rings. The van der Waals surface area contributed by atoms with Gasteiger partial charge < -0.3 is 15.7 Å². The summed E-state index contributed by atoms with van der Waals surface area (Å²) in [7, 11) is 0. The number of amidine groups is 1. The van der Waals surface area contributed by atoms with Crippen LogP contribution in [0, 0.1) is 0 Å². The van der Waals surface area contributed by atoms with Gasteiger partial charge in [-0.15, -0.1) is 0 Å². The summed E-state index contributed by atoms with van der Waals surface area (Å²) >= 11 is 5.84. The van der Waals surface area contributed by atoms with Crippen LogP contribution in [0.15, 0.2) is 60.8 Å². The molecular formula is C26H25ClN5O3+. The van der Waals surface area contributed by atoms with Crippen LogP contribution in [0.5, 0.6) is 5.75 Å². The Kier molecular flexibility index (Phi) is 6.37. The van der Waals surface area contributed by atoms with Crippen molar-refractivity contribution in [2.45, 2.75) is 12.8 Å². The number of nitrogens with zero attached hydrogens (tertiary/aromatic N) is 3. The number of carbonyl (C=O) groups is 2. The average Bonchev–Trinajstić information content (AvgIpc) is 2.79. The van der Waals surface area contributed by atoms with Gasteiger partial charge in [-0.25, -0.2) is 4.98 Å². The summed E-state index contributed by atoms with van der Waals surface area (Å²) in [5.74, 6) is 0.366. The van der Waals surface area contributed by atoms with Gasteiger partial charge in [-0.05, 0) is 48.5 Å². The molecule has 178 valence electrons. The maximum absolute atomic E-state index is 13.0. The SMILES string of the molecule is O=C(Nc1c(O)cccc1C(=O)Nc1ccc(Cl)cn1)c1ccc(C(N2CCC2)=[N+]2CCC2)cc1. The van der Waals surface area contributed by atoms with Crippen LogP contribution in [0.25, 0.3) is 0 Å². The molecule has 1 aromatic heterocycles. The van der Waals surface area contributed by atoms with Crippen LogP contribution in [0.3, 0.4) is 0 Å². The summed E-state index contributed by atoms with van der Waals surface area (Å²) < 4.78 is 2.37. The lowest BCUT2D eigenvalue weighted by Crippen LogP contribution is -2.49. The van der Waals surface area contributed by atoms with Gasteiger partial charge in [0.1, 0.15) is 11.6 Å². The maximum Gasteiger partial charge on any atom is 0.279 e. The highest BCUT2D eigenvalue weighted by atomic mass is 35.5. The van der Waals surface area contributed by atoms with Crippen LogP contribution < -0.4 is 10.6 Å². The van der Waals surface area contributed by atoms with Crippen molar-refractivity contribution < 1.29 is 19.3 Å². The number of aromatic hydroxyl groups is 1. The molecule has 8 nitrogen and oxygen atoms in total. The van der Waals surface area contributed by atoms with Crippen molar-refractivity contribution in [3.63, 3.8) is 0 Å². The molecule has 2 saturated heterocycles. The second kappa shape index (κ2) is 9.76. The van der Waals surface area contributed by atoms with E-state index in [4.69, 9.17) is 11.6 Å². The smallest absolute Gasteiger partial charge is 0.279 e. The molecule has 0 atom stereocenters. The minimum Gasteiger partial charge on any atom is -0.506 e. The van der Waals surface area contributed by atoms with Gasteiger partial charge in [0.15, 0.2) is 0 Å². The quantitative estimate of drug-likeness (QED) is 0.287. The number of hydrogen-bond acceptors (Lipinski definition) is 4. The lowest BCUT2D eigenvalue weighted by Gasteiger charge is -2.31. The van der Waals surface area contributed by atoms with E-state index >= 15 is 0 Å². The van der Waals surface area contributed by atoms with E-state index in [-0.39, 0.29) is 17.0 Å². The Labute approximate surface area is 207 Å². The van der Waals surface area contributed by atoms with Gasteiger partial charge in [-0.2, -0.15) is 0 Å². The fraction of sp³-hybridized carbons (Fsp3) is 0.231. The maximum atomic E-state index is 13.0. The molecule has 5 rings (SSSR count). The van der Waals surface area contributed by atoms with Crippen molar-refractivity contribution in [3.05, 3.63) is 82.5 Å². The number of phenols is 1. The lowest BCUT2D eigenvalue weighted by molar-refractivity contribution is -0.587. The summed E-state index contributed by atoms with van der Waals surface area (Å²) in [4.78, 5) is 32.3. The number of phenolic OH excluding ortho intramolecular Hbond substituents is 1. The van der Waals surface area contributed by atoms with Crippen molar-refractivity contribution >= 4 is 40.8 Å². The third-order valence-corrected chi connectivity index (χ3v) is 6.43. The van der Waals surface area contributed by atoms with Crippen molar-refractivity contribution in [1.29, 1.82) is 0 Å². The molecule has 0 aliphatic carbocycles. The first kappa shape index (κ1) is 22.9. The average molecular weight is 491 g/mol. The third kappa shape index (κ3) is 4.83. The number of para-hydroxylation sites is 1. The number of amides is 2. The van der Waals surface area contributed by atoms with E-state index in [2.05, 4.69) is 25.1 Å². The molecule has 2 fully saturated rings. The fourth-order valence-electron chi connectivity index (χ4n) is 4.07. The van der Waals surface area contributed by atoms with E-state index in [0.29, 0.717) is 16.4 Å². The molecule has 3 N–H and O–H groups in total. The molecular weight excluding hydrogens is 466 g/mol. The van der Waals surface area contributed by atoms with E-state index in [1.807, 2.05) is 12.1 Å². The van der Waals surface area contributed by atoms with Gasteiger partial charge in [-0.1, -0.05) is 17.7 Å². The summed E-state index contributed by atoms with van der Waals surface area (Å²) in [6.07, 6.45) is 3.81. The molecule has 0 unspecified atom stereocenters. The van der Waals surface area contributed by atoms with Crippen LogP contribution in [0.2, 0.25) is 5.02 Å². The zero-order valence-electron chi connectivity index (χ0n) is 19.0. The Morgan fingerprint density at radius 1 is 0.914 bits per heavy atom. The Balaban J connectivity index is 1.34. The minimum absolute atomic E-state index is 0.0291. The number of benzene rings is 2. The zero-order valence-corrected chi connectivity index (χ0v) is 19.8. The molecule has 0 radical (unpaired) electrons. The summed E-state index contributed by atoms with van der Waals surface area (Å²) in [6, 6.07) is 15.1. The topological polar surface area (TPSA) is 97.6 Å². The number of hydrogen-bond donors (Lipinski definition) is 3. The standard InChI is InChI=1S/C26H24ClN5O3/c27-19-10-11-22(28-16-19)29-25(35)20-4-1-5-21(33)23(20)30-24(34)17-6-8-18(9-7-17)26(31-12-2-13-31)32-14-3-15-32/h1,4-11,16H,2-3,12-15H2,(H2,28,29,34,35)/p+1. The lowest BCUT2D eigenvalue weighted by atomic mass is 10.1. The highest BCUT2D eigenvalue weighted by molar-refractivity contribution is 6.30. The van der Waals surface area contributed by atoms with Gasteiger partial charge in [0.2, 0.25) is 0 Å². The minimum atomic E-state index is -0.523. The summed E-state index contributed by atoms with van der Waals surface area (Å²) in [6.45, 7) is 4.21. The highest BCUT2D eigenvalue weighted by Gasteiger charge is 2.32. The number of anilines is 2. The van der Waals surface area contributed by atoms with Crippen molar-refractivity contribution in [2.24, 2.45) is 0 Å². The summed E-state index contributed by atoms with van der Waals surface area (Å²) in [5.41, 5.74) is 1.65. The van der Waals surface area contributed by atoms with Crippen LogP contribution >= 0.6 is 11.6 Å². The van der Waals surface area contributed by atoms with Crippen LogP contribution in [0.1, 0.15) is 39.1 Å². The second-order valence-corrected chi connectivity index (χ2v) is 8.99. The van der Waals surface area contributed by atoms with E-state index in [9.17, 15) is 14.7 Å². The Hall–Kier alpha value is -3.91. The fourth-order valence-corrected chi connectivity index (χ4v) is 4.18. The van der Waals surface area contributed by atoms with Crippen molar-refractivity contribution in [1.82, 2.24) is 9.88 Å². The molecule has 2 aliphatic rings. The zero-order chi connectivity index (χ0) is 24.4. The van der Waals surface area contributed by atoms with Crippen LogP contribution in [0.4, 0.5) is 11.5 Å². The van der Waals surface area contributed by atoms with Gasteiger partial charge in [0.25, 0.3) is 17.6 Å². The number of likely N-dealkylation sites (tertiary alicyclic amines) is 1. The van der Waals surface area contributed by atoms with Crippen LogP contribution in [-0.4, -0.2) is 63.4 Å². The number of rotatable bonds is 5. The first-order chi connectivity index (χ1) is 17.0. The van der Waals surface area contributed by atoms with Gasteiger partial charge in [0, 0.05) is 24.6 Å². The molecule has 9 heteroatoms. The van der Waals surface area contributed by atoms with E-state index < -0.39 is 11.8 Å². The molecule has 3 heterocycles. The number of halogens is 1. The molecule has 35 heavy (non-hydrogen) atoms. The molecule has 2 aliphatic heterocycles. The van der Waals surface area contributed by atoms with Crippen molar-refractivity contribution in [3.8, 4) is 5.75 Å². The monoisotopic (exact) mass is 490 g/mol. The number of carbonyl (C=O) groups excluding carboxylic acids is 2. The number of pyridine rings is 1. The summed E-state index contributed by atoms with van der Waals surface area (Å²) in [5, 5.41) is 16.2. The molecule has 2 aromatic carbocycles. The molecule has 0 saturated carbocycles. The Morgan fingerprint density at radius 3 is 2.26 bits per heavy atom. The first-order valence-electron chi connectivity index (χ1n) is 11.5. The molecule has 0 spiro atoms. The van der Waals surface area contributed by atoms with E-state index in [1.165, 1.54) is 43.1 Å². The molecule has 2 amide bonds. The molecule has 0 bridgehead atoms. The number of nitrogens with one attached hydrogen (secondary N) is 2. The normalized spacial score (nSPS) is 14.5. The van der Waals surface area contributed by atoms with E-state index in [0.717, 1.165) is 31.7 Å². The predicted octanol–water partition coefficient (Wildman–Crippen LogP) is 3.81.